The van der Waals surface area contributed by atoms with E-state index in [0.29, 0.717) is 0 Å². The molecule has 0 N–H and O–H groups in total. The normalized spacial score (nSPS) is 20.2. The maximum absolute atomic E-state index is 12.4. The third-order valence-electron chi connectivity index (χ3n) is 4.27. The fraction of sp³-hybridized carbons (Fsp3) is 0.750. The van der Waals surface area contributed by atoms with E-state index < -0.39 is 0 Å². The number of aromatic nitrogens is 2. The van der Waals surface area contributed by atoms with Gasteiger partial charge in [-0.05, 0) is 12.8 Å². The molecule has 1 atom stereocenters. The van der Waals surface area contributed by atoms with Gasteiger partial charge in [0.25, 0.3) is 0 Å². The number of hydrogen-bond donors (Lipinski definition) is 0. The Balaban J connectivity index is 2.08. The Morgan fingerprint density at radius 2 is 2.10 bits per heavy atom. The summed E-state index contributed by atoms with van der Waals surface area (Å²) in [5.41, 5.74) is 0. The number of piperazine rings is 1. The van der Waals surface area contributed by atoms with Gasteiger partial charge >= 0.3 is 0 Å². The monoisotopic (exact) mass is 292 g/mol. The highest BCUT2D eigenvalue weighted by atomic mass is 16.2. The number of amides is 1. The molecule has 1 aromatic heterocycles. The zero-order valence-electron chi connectivity index (χ0n) is 13.6. The molecule has 2 rings (SSSR count). The van der Waals surface area contributed by atoms with Gasteiger partial charge in [-0.15, -0.1) is 0 Å². The summed E-state index contributed by atoms with van der Waals surface area (Å²) >= 11 is 0. The topological polar surface area (TPSA) is 41.4 Å². The number of imidazole rings is 1. The summed E-state index contributed by atoms with van der Waals surface area (Å²) in [5.74, 6) is 1.35. The van der Waals surface area contributed by atoms with Crippen molar-refractivity contribution in [3.8, 4) is 0 Å². The molecule has 1 aliphatic heterocycles. The molecule has 1 amide bonds. The van der Waals surface area contributed by atoms with Gasteiger partial charge in [-0.3, -0.25) is 9.69 Å². The van der Waals surface area contributed by atoms with Crippen molar-refractivity contribution in [3.63, 3.8) is 0 Å². The van der Waals surface area contributed by atoms with E-state index in [1.807, 2.05) is 24.3 Å². The van der Waals surface area contributed by atoms with Gasteiger partial charge in [0.05, 0.1) is 12.6 Å². The summed E-state index contributed by atoms with van der Waals surface area (Å²) in [7, 11) is 1.91. The van der Waals surface area contributed by atoms with Crippen molar-refractivity contribution in [1.82, 2.24) is 19.4 Å². The average molecular weight is 292 g/mol. The van der Waals surface area contributed by atoms with Crippen LogP contribution in [-0.2, 0) is 17.9 Å². The van der Waals surface area contributed by atoms with E-state index in [0.717, 1.165) is 57.7 Å². The van der Waals surface area contributed by atoms with Crippen LogP contribution in [0.1, 0.15) is 45.4 Å². The van der Waals surface area contributed by atoms with E-state index in [1.54, 1.807) is 0 Å². The molecule has 2 heterocycles. The summed E-state index contributed by atoms with van der Waals surface area (Å²) in [6, 6.07) is 0.0236. The Bertz CT molecular complexity index is 457. The lowest BCUT2D eigenvalue weighted by Gasteiger charge is -2.39. The van der Waals surface area contributed by atoms with Crippen LogP contribution in [0, 0.1) is 0 Å². The van der Waals surface area contributed by atoms with Crippen molar-refractivity contribution >= 4 is 5.91 Å². The van der Waals surface area contributed by atoms with Gasteiger partial charge in [0.15, 0.2) is 0 Å². The molecule has 0 aromatic carbocycles. The van der Waals surface area contributed by atoms with Gasteiger partial charge in [0, 0.05) is 39.1 Å². The number of unbranched alkanes of at least 4 members (excludes halogenated alkanes) is 1. The smallest absolute Gasteiger partial charge is 0.239 e. The van der Waals surface area contributed by atoms with Crippen LogP contribution in [-0.4, -0.2) is 51.4 Å². The lowest BCUT2D eigenvalue weighted by atomic mass is 10.0. The largest absolute Gasteiger partial charge is 0.343 e. The van der Waals surface area contributed by atoms with E-state index in [1.165, 1.54) is 0 Å². The van der Waals surface area contributed by atoms with Crippen LogP contribution in [0.5, 0.6) is 0 Å². The Kier molecular flexibility index (Phi) is 5.79. The number of aryl methyl sites for hydroxylation is 1. The Morgan fingerprint density at radius 3 is 2.81 bits per heavy atom. The predicted octanol–water partition coefficient (Wildman–Crippen LogP) is 2.13. The molecule has 21 heavy (non-hydrogen) atoms. The summed E-state index contributed by atoms with van der Waals surface area (Å²) in [5, 5.41) is 0. The van der Waals surface area contributed by atoms with Crippen LogP contribution in [0.3, 0.4) is 0 Å². The van der Waals surface area contributed by atoms with Gasteiger partial charge in [0.2, 0.25) is 5.91 Å². The molecule has 0 spiro atoms. The van der Waals surface area contributed by atoms with E-state index in [-0.39, 0.29) is 11.9 Å². The number of carbonyl (C=O) groups is 1. The van der Waals surface area contributed by atoms with E-state index in [9.17, 15) is 4.79 Å². The van der Waals surface area contributed by atoms with Crippen molar-refractivity contribution in [3.05, 3.63) is 18.2 Å². The highest BCUT2D eigenvalue weighted by Gasteiger charge is 2.32. The van der Waals surface area contributed by atoms with Crippen molar-refractivity contribution < 1.29 is 4.79 Å². The third-order valence-corrected chi connectivity index (χ3v) is 4.27. The van der Waals surface area contributed by atoms with Gasteiger partial charge in [-0.2, -0.15) is 0 Å². The first-order valence-electron chi connectivity index (χ1n) is 8.16. The first-order valence-corrected chi connectivity index (χ1v) is 8.16. The minimum Gasteiger partial charge on any atom is -0.343 e. The van der Waals surface area contributed by atoms with Crippen LogP contribution in [0.4, 0.5) is 0 Å². The summed E-state index contributed by atoms with van der Waals surface area (Å²) in [6.45, 7) is 7.88. The third kappa shape index (κ3) is 3.84. The Morgan fingerprint density at radius 1 is 1.29 bits per heavy atom. The van der Waals surface area contributed by atoms with Crippen molar-refractivity contribution in [2.24, 2.45) is 0 Å². The molecule has 0 saturated carbocycles. The first-order chi connectivity index (χ1) is 10.2. The molecule has 1 saturated heterocycles. The highest BCUT2D eigenvalue weighted by Crippen LogP contribution is 2.18. The number of hydrogen-bond acceptors (Lipinski definition) is 3. The molecule has 5 heteroatoms. The SMILES string of the molecule is CCCC[C@H]1C(=O)N(C)CCN1Cc1nccn1CCC. The number of nitrogens with zero attached hydrogens (tertiary/aromatic N) is 4. The summed E-state index contributed by atoms with van der Waals surface area (Å²) in [4.78, 5) is 21.1. The standard InChI is InChI=1S/C16H28N4O/c1-4-6-7-14-16(21)18(3)11-12-20(14)13-15-17-8-10-19(15)9-5-2/h8,10,14H,4-7,9,11-13H2,1-3H3/t14-/m0/s1. The number of likely N-dealkylation sites (N-methyl/N-ethyl adjacent to an activating group) is 1. The second-order valence-corrected chi connectivity index (χ2v) is 5.93. The van der Waals surface area contributed by atoms with Crippen molar-refractivity contribution in [1.29, 1.82) is 0 Å². The molecule has 0 aliphatic carbocycles. The maximum atomic E-state index is 12.4. The second kappa shape index (κ2) is 7.59. The molecule has 0 bridgehead atoms. The zero-order chi connectivity index (χ0) is 15.2. The molecule has 0 radical (unpaired) electrons. The highest BCUT2D eigenvalue weighted by molar-refractivity contribution is 5.82. The van der Waals surface area contributed by atoms with Crippen LogP contribution >= 0.6 is 0 Å². The van der Waals surface area contributed by atoms with Gasteiger partial charge < -0.3 is 9.47 Å². The number of rotatable bonds is 7. The van der Waals surface area contributed by atoms with Crippen LogP contribution in [0.2, 0.25) is 0 Å². The molecule has 1 aromatic rings. The Labute approximate surface area is 127 Å². The molecular formula is C16H28N4O. The van der Waals surface area contributed by atoms with Crippen molar-refractivity contribution in [2.75, 3.05) is 20.1 Å². The van der Waals surface area contributed by atoms with Crippen LogP contribution in [0.25, 0.3) is 0 Å². The Hall–Kier alpha value is -1.36. The second-order valence-electron chi connectivity index (χ2n) is 5.93. The van der Waals surface area contributed by atoms with Crippen LogP contribution in [0.15, 0.2) is 12.4 Å². The zero-order valence-corrected chi connectivity index (χ0v) is 13.6. The fourth-order valence-corrected chi connectivity index (χ4v) is 2.97. The predicted molar refractivity (Wildman–Crippen MR) is 83.9 cm³/mol. The van der Waals surface area contributed by atoms with E-state index in [2.05, 4.69) is 28.3 Å². The van der Waals surface area contributed by atoms with E-state index >= 15 is 0 Å². The maximum Gasteiger partial charge on any atom is 0.239 e. The lowest BCUT2D eigenvalue weighted by Crippen LogP contribution is -2.55. The quantitative estimate of drug-likeness (QED) is 0.773. The molecule has 0 unspecified atom stereocenters. The molecule has 118 valence electrons. The van der Waals surface area contributed by atoms with Gasteiger partial charge in [-0.1, -0.05) is 26.7 Å². The van der Waals surface area contributed by atoms with E-state index in [4.69, 9.17) is 0 Å². The molecule has 1 fully saturated rings. The minimum atomic E-state index is 0.0236. The first kappa shape index (κ1) is 16.0. The van der Waals surface area contributed by atoms with Crippen molar-refractivity contribution in [2.45, 2.75) is 58.7 Å². The van der Waals surface area contributed by atoms with Gasteiger partial charge in [-0.25, -0.2) is 4.98 Å². The fourth-order valence-electron chi connectivity index (χ4n) is 2.97. The van der Waals surface area contributed by atoms with Crippen LogP contribution < -0.4 is 0 Å². The van der Waals surface area contributed by atoms with Gasteiger partial charge in [0.1, 0.15) is 5.82 Å². The molecule has 1 aliphatic rings. The molecule has 5 nitrogen and oxygen atoms in total. The number of carbonyl (C=O) groups excluding carboxylic acids is 1. The minimum absolute atomic E-state index is 0.0236. The summed E-state index contributed by atoms with van der Waals surface area (Å²) in [6.07, 6.45) is 8.19. The lowest BCUT2D eigenvalue weighted by molar-refractivity contribution is -0.141. The average Bonchev–Trinajstić information content (AvgIpc) is 2.90. The molecular weight excluding hydrogens is 264 g/mol. The summed E-state index contributed by atoms with van der Waals surface area (Å²) < 4.78 is 2.21.